The van der Waals surface area contributed by atoms with Crippen molar-refractivity contribution in [3.05, 3.63) is 66.0 Å². The Bertz CT molecular complexity index is 1230. The zero-order chi connectivity index (χ0) is 22.6. The average molecular weight is 462 g/mol. The van der Waals surface area contributed by atoms with Crippen molar-refractivity contribution in [1.82, 2.24) is 15.0 Å². The Balaban J connectivity index is 1.25. The Morgan fingerprint density at radius 1 is 0.970 bits per heavy atom. The molecule has 2 aromatic carbocycles. The van der Waals surface area contributed by atoms with Crippen molar-refractivity contribution < 1.29 is 10.2 Å². The third-order valence-electron chi connectivity index (χ3n) is 6.03. The molecule has 1 fully saturated rings. The minimum atomic E-state index is -0.296. The first-order valence-electron chi connectivity index (χ1n) is 11.3. The highest BCUT2D eigenvalue weighted by atomic mass is 32.1. The van der Waals surface area contributed by atoms with E-state index in [-0.39, 0.29) is 18.8 Å². The first-order chi connectivity index (χ1) is 16.2. The van der Waals surface area contributed by atoms with Crippen LogP contribution in [0, 0.1) is 0 Å². The molecule has 8 heteroatoms. The van der Waals surface area contributed by atoms with Gasteiger partial charge in [-0.3, -0.25) is 4.98 Å². The smallest absolute Gasteiger partial charge is 0.184 e. The van der Waals surface area contributed by atoms with Crippen LogP contribution in [0.1, 0.15) is 36.8 Å². The minimum Gasteiger partial charge on any atom is -0.392 e. The predicted molar refractivity (Wildman–Crippen MR) is 132 cm³/mol. The number of anilines is 2. The predicted octanol–water partition coefficient (Wildman–Crippen LogP) is 4.57. The summed E-state index contributed by atoms with van der Waals surface area (Å²) in [6.07, 6.45) is 7.24. The number of fused-ring (bicyclic) bond motifs is 1. The van der Waals surface area contributed by atoms with E-state index < -0.39 is 0 Å². The number of aliphatic hydroxyl groups is 2. The maximum atomic E-state index is 10.2. The summed E-state index contributed by atoms with van der Waals surface area (Å²) in [7, 11) is 0. The minimum absolute atomic E-state index is 0.0255. The van der Waals surface area contributed by atoms with Crippen LogP contribution in [-0.2, 0) is 13.2 Å². The largest absolute Gasteiger partial charge is 0.392 e. The molecule has 33 heavy (non-hydrogen) atoms. The Hall–Kier alpha value is -3.07. The number of nitrogens with zero attached hydrogens (tertiary/aromatic N) is 3. The summed E-state index contributed by atoms with van der Waals surface area (Å²) < 4.78 is 1.12. The second kappa shape index (κ2) is 9.82. The number of hydrogen-bond acceptors (Lipinski definition) is 8. The van der Waals surface area contributed by atoms with Crippen molar-refractivity contribution in [2.24, 2.45) is 0 Å². The number of rotatable bonds is 7. The molecule has 1 aliphatic rings. The summed E-state index contributed by atoms with van der Waals surface area (Å²) in [4.78, 5) is 13.7. The van der Waals surface area contributed by atoms with E-state index in [2.05, 4.69) is 32.7 Å². The number of benzene rings is 2. The number of nitrogens with one attached hydrogen (secondary N) is 2. The maximum absolute atomic E-state index is 10.2. The molecule has 4 N–H and O–H groups in total. The van der Waals surface area contributed by atoms with Crippen LogP contribution in [0.3, 0.4) is 0 Å². The maximum Gasteiger partial charge on any atom is 0.184 e. The van der Waals surface area contributed by atoms with Gasteiger partial charge in [-0.05, 0) is 36.1 Å². The Morgan fingerprint density at radius 3 is 2.61 bits per heavy atom. The monoisotopic (exact) mass is 461 g/mol. The number of aromatic nitrogens is 3. The van der Waals surface area contributed by atoms with Gasteiger partial charge in [0, 0.05) is 12.1 Å². The molecule has 0 amide bonds. The van der Waals surface area contributed by atoms with Crippen molar-refractivity contribution >= 4 is 32.5 Å². The zero-order valence-corrected chi connectivity index (χ0v) is 19.1. The van der Waals surface area contributed by atoms with Crippen LogP contribution < -0.4 is 10.6 Å². The van der Waals surface area contributed by atoms with Crippen molar-refractivity contribution in [3.63, 3.8) is 0 Å². The molecule has 2 heterocycles. The summed E-state index contributed by atoms with van der Waals surface area (Å²) in [5, 5.41) is 27.1. The molecule has 1 aliphatic carbocycles. The van der Waals surface area contributed by atoms with Gasteiger partial charge in [0.05, 0.1) is 47.1 Å². The fourth-order valence-electron chi connectivity index (χ4n) is 4.14. The van der Waals surface area contributed by atoms with E-state index in [0.29, 0.717) is 12.4 Å². The zero-order valence-electron chi connectivity index (χ0n) is 18.2. The number of hydrogen-bond donors (Lipinski definition) is 4. The van der Waals surface area contributed by atoms with E-state index in [1.165, 1.54) is 0 Å². The van der Waals surface area contributed by atoms with Crippen LogP contribution >= 0.6 is 11.3 Å². The summed E-state index contributed by atoms with van der Waals surface area (Å²) >= 11 is 1.62. The Labute approximate surface area is 196 Å². The van der Waals surface area contributed by atoms with Crippen molar-refractivity contribution in [2.75, 3.05) is 10.6 Å². The van der Waals surface area contributed by atoms with Crippen molar-refractivity contribution in [1.29, 1.82) is 0 Å². The fourth-order valence-corrected chi connectivity index (χ4v) is 5.13. The number of aliphatic hydroxyl groups excluding tert-OH is 2. The molecular weight excluding hydrogens is 434 g/mol. The molecule has 1 unspecified atom stereocenters. The standard InChI is InChI=1S/C25H27N5O2S/c31-15-16-5-8-18(9-6-16)21-13-26-14-24(28-21)27-12-17-7-10-20-23(11-17)33-25(30-20)29-19-3-1-2-4-22(19)32/h5-11,13-14,19,22,31-32H,1-4,12,15H2,(H,27,28)(H,29,30)/t19?,22-/m1/s1. The van der Waals surface area contributed by atoms with Gasteiger partial charge in [0.2, 0.25) is 0 Å². The summed E-state index contributed by atoms with van der Waals surface area (Å²) in [5.41, 5.74) is 4.70. The van der Waals surface area contributed by atoms with Gasteiger partial charge in [0.1, 0.15) is 5.82 Å². The lowest BCUT2D eigenvalue weighted by Gasteiger charge is -2.27. The lowest BCUT2D eigenvalue weighted by atomic mass is 9.93. The summed E-state index contributed by atoms with van der Waals surface area (Å²) in [5.74, 6) is 0.705. The lowest BCUT2D eigenvalue weighted by Crippen LogP contribution is -2.36. The van der Waals surface area contributed by atoms with E-state index in [0.717, 1.165) is 63.4 Å². The van der Waals surface area contributed by atoms with Gasteiger partial charge < -0.3 is 20.8 Å². The molecule has 2 aromatic heterocycles. The van der Waals surface area contributed by atoms with E-state index >= 15 is 0 Å². The van der Waals surface area contributed by atoms with Crippen molar-refractivity contribution in [2.45, 2.75) is 51.0 Å². The molecule has 0 spiro atoms. The van der Waals surface area contributed by atoms with Crippen LogP contribution in [0.4, 0.5) is 10.9 Å². The Morgan fingerprint density at radius 2 is 1.79 bits per heavy atom. The lowest BCUT2D eigenvalue weighted by molar-refractivity contribution is 0.116. The van der Waals surface area contributed by atoms with Crippen LogP contribution in [0.15, 0.2) is 54.9 Å². The molecule has 2 atom stereocenters. The first-order valence-corrected chi connectivity index (χ1v) is 12.1. The van der Waals surface area contributed by atoms with Gasteiger partial charge >= 0.3 is 0 Å². The molecule has 7 nitrogen and oxygen atoms in total. The summed E-state index contributed by atoms with van der Waals surface area (Å²) in [6, 6.07) is 14.0. The molecule has 170 valence electrons. The van der Waals surface area contributed by atoms with E-state index in [4.69, 9.17) is 4.98 Å². The quantitative estimate of drug-likeness (QED) is 0.320. The third kappa shape index (κ3) is 5.13. The SMILES string of the molecule is OCc1ccc(-c2cncc(NCc3ccc4nc(NC5CCCC[C@H]5O)sc4c3)n2)cc1. The summed E-state index contributed by atoms with van der Waals surface area (Å²) in [6.45, 7) is 0.650. The van der Waals surface area contributed by atoms with Crippen LogP contribution in [0.25, 0.3) is 21.5 Å². The van der Waals surface area contributed by atoms with Crippen LogP contribution in [0.5, 0.6) is 0 Å². The Kier molecular flexibility index (Phi) is 6.48. The highest BCUT2D eigenvalue weighted by Gasteiger charge is 2.23. The molecule has 0 radical (unpaired) electrons. The van der Waals surface area contributed by atoms with Gasteiger partial charge in [0.25, 0.3) is 0 Å². The molecular formula is C25H27N5O2S. The highest BCUT2D eigenvalue weighted by molar-refractivity contribution is 7.22. The van der Waals surface area contributed by atoms with Gasteiger partial charge in [0.15, 0.2) is 5.13 Å². The van der Waals surface area contributed by atoms with E-state index in [1.807, 2.05) is 30.3 Å². The molecule has 5 rings (SSSR count). The van der Waals surface area contributed by atoms with Gasteiger partial charge in [-0.25, -0.2) is 9.97 Å². The molecule has 4 aromatic rings. The molecule has 0 aliphatic heterocycles. The van der Waals surface area contributed by atoms with Crippen LogP contribution in [0.2, 0.25) is 0 Å². The van der Waals surface area contributed by atoms with E-state index in [9.17, 15) is 10.2 Å². The van der Waals surface area contributed by atoms with E-state index in [1.54, 1.807) is 23.7 Å². The first kappa shape index (κ1) is 21.8. The van der Waals surface area contributed by atoms with Crippen molar-refractivity contribution in [3.8, 4) is 11.3 Å². The number of thiazole rings is 1. The molecule has 0 bridgehead atoms. The highest BCUT2D eigenvalue weighted by Crippen LogP contribution is 2.30. The van der Waals surface area contributed by atoms with Gasteiger partial charge in [-0.1, -0.05) is 54.5 Å². The van der Waals surface area contributed by atoms with Gasteiger partial charge in [-0.15, -0.1) is 0 Å². The molecule has 1 saturated carbocycles. The second-order valence-corrected chi connectivity index (χ2v) is 9.45. The third-order valence-corrected chi connectivity index (χ3v) is 6.98. The van der Waals surface area contributed by atoms with Gasteiger partial charge in [-0.2, -0.15) is 0 Å². The normalized spacial score (nSPS) is 18.4. The molecule has 0 saturated heterocycles. The van der Waals surface area contributed by atoms with Crippen LogP contribution in [-0.4, -0.2) is 37.3 Å². The average Bonchev–Trinajstić information content (AvgIpc) is 3.26. The fraction of sp³-hybridized carbons (Fsp3) is 0.320. The second-order valence-electron chi connectivity index (χ2n) is 8.42. The topological polar surface area (TPSA) is 103 Å².